The van der Waals surface area contributed by atoms with Crippen LogP contribution in [0.3, 0.4) is 0 Å². The van der Waals surface area contributed by atoms with Gasteiger partial charge in [-0.2, -0.15) is 0 Å². The summed E-state index contributed by atoms with van der Waals surface area (Å²) in [5.41, 5.74) is 0. The Morgan fingerprint density at radius 1 is 1.53 bits per heavy atom. The SMILES string of the molecule is CCOC1CCCN(c2nnc(CCCl)o2)C1. The Morgan fingerprint density at radius 2 is 2.41 bits per heavy atom. The Balaban J connectivity index is 1.95. The molecule has 1 atom stereocenters. The van der Waals surface area contributed by atoms with E-state index in [0.29, 0.717) is 24.2 Å². The van der Waals surface area contributed by atoms with Gasteiger partial charge in [0.05, 0.1) is 6.10 Å². The van der Waals surface area contributed by atoms with E-state index < -0.39 is 0 Å². The van der Waals surface area contributed by atoms with E-state index in [-0.39, 0.29) is 6.10 Å². The zero-order valence-corrected chi connectivity index (χ0v) is 10.8. The van der Waals surface area contributed by atoms with E-state index in [9.17, 15) is 0 Å². The lowest BCUT2D eigenvalue weighted by Gasteiger charge is -2.30. The minimum Gasteiger partial charge on any atom is -0.408 e. The summed E-state index contributed by atoms with van der Waals surface area (Å²) in [4.78, 5) is 2.09. The predicted molar refractivity (Wildman–Crippen MR) is 65.6 cm³/mol. The van der Waals surface area contributed by atoms with Crippen molar-refractivity contribution in [2.75, 3.05) is 30.5 Å². The van der Waals surface area contributed by atoms with Gasteiger partial charge in [0.2, 0.25) is 5.89 Å². The van der Waals surface area contributed by atoms with Crippen LogP contribution in [0.1, 0.15) is 25.7 Å². The molecule has 17 heavy (non-hydrogen) atoms. The first-order valence-electron chi connectivity index (χ1n) is 6.08. The van der Waals surface area contributed by atoms with Gasteiger partial charge in [0.25, 0.3) is 0 Å². The molecular weight excluding hydrogens is 242 g/mol. The standard InChI is InChI=1S/C11H18ClN3O2/c1-2-16-9-4-3-7-15(8-9)11-14-13-10(17-11)5-6-12/h9H,2-8H2,1H3. The maximum atomic E-state index is 5.64. The maximum absolute atomic E-state index is 5.64. The molecule has 1 unspecified atom stereocenters. The first-order valence-corrected chi connectivity index (χ1v) is 6.61. The van der Waals surface area contributed by atoms with Crippen molar-refractivity contribution in [1.29, 1.82) is 0 Å². The number of anilines is 1. The van der Waals surface area contributed by atoms with Gasteiger partial charge in [-0.3, -0.25) is 0 Å². The Hall–Kier alpha value is -0.810. The number of aromatic nitrogens is 2. The number of piperidine rings is 1. The number of hydrogen-bond donors (Lipinski definition) is 0. The Morgan fingerprint density at radius 3 is 3.18 bits per heavy atom. The third kappa shape index (κ3) is 3.33. The number of halogens is 1. The zero-order valence-electron chi connectivity index (χ0n) is 10.1. The van der Waals surface area contributed by atoms with Crippen LogP contribution in [0.15, 0.2) is 4.42 Å². The number of hydrogen-bond acceptors (Lipinski definition) is 5. The van der Waals surface area contributed by atoms with Gasteiger partial charge in [0.1, 0.15) is 0 Å². The number of alkyl halides is 1. The van der Waals surface area contributed by atoms with E-state index in [1.165, 1.54) is 0 Å². The molecule has 6 heteroatoms. The minimum absolute atomic E-state index is 0.275. The van der Waals surface area contributed by atoms with Crippen LogP contribution in [0.25, 0.3) is 0 Å². The Labute approximate surface area is 106 Å². The molecule has 1 fully saturated rings. The summed E-state index contributed by atoms with van der Waals surface area (Å²) in [6, 6.07) is 0.592. The molecule has 96 valence electrons. The monoisotopic (exact) mass is 259 g/mol. The Kier molecular flexibility index (Phi) is 4.62. The second-order valence-corrected chi connectivity index (χ2v) is 4.46. The average Bonchev–Trinajstić information content (AvgIpc) is 2.79. The highest BCUT2D eigenvalue weighted by molar-refractivity contribution is 6.17. The Bertz CT molecular complexity index is 343. The summed E-state index contributed by atoms with van der Waals surface area (Å²) in [6.45, 7) is 4.55. The van der Waals surface area contributed by atoms with Crippen molar-refractivity contribution in [2.45, 2.75) is 32.3 Å². The molecule has 1 aliphatic heterocycles. The zero-order chi connectivity index (χ0) is 12.1. The molecule has 1 aromatic heterocycles. The first-order chi connectivity index (χ1) is 8.33. The summed E-state index contributed by atoms with van der Waals surface area (Å²) in [7, 11) is 0. The van der Waals surface area contributed by atoms with E-state index in [1.807, 2.05) is 6.92 Å². The molecule has 0 bridgehead atoms. The molecular formula is C11H18ClN3O2. The lowest BCUT2D eigenvalue weighted by molar-refractivity contribution is 0.0516. The van der Waals surface area contributed by atoms with E-state index in [1.54, 1.807) is 0 Å². The van der Waals surface area contributed by atoms with Crippen molar-refractivity contribution in [3.8, 4) is 0 Å². The molecule has 0 amide bonds. The second-order valence-electron chi connectivity index (χ2n) is 4.08. The van der Waals surface area contributed by atoms with Crippen molar-refractivity contribution in [2.24, 2.45) is 0 Å². The normalized spacial score (nSPS) is 20.8. The molecule has 2 heterocycles. The van der Waals surface area contributed by atoms with Crippen molar-refractivity contribution < 1.29 is 9.15 Å². The van der Waals surface area contributed by atoms with Crippen LogP contribution in [0.2, 0.25) is 0 Å². The lowest BCUT2D eigenvalue weighted by Crippen LogP contribution is -2.39. The van der Waals surface area contributed by atoms with Crippen molar-refractivity contribution in [1.82, 2.24) is 10.2 Å². The van der Waals surface area contributed by atoms with Gasteiger partial charge in [-0.05, 0) is 19.8 Å². The van der Waals surface area contributed by atoms with E-state index >= 15 is 0 Å². The van der Waals surface area contributed by atoms with Crippen molar-refractivity contribution in [3.63, 3.8) is 0 Å². The fourth-order valence-electron chi connectivity index (χ4n) is 2.04. The van der Waals surface area contributed by atoms with Gasteiger partial charge in [-0.1, -0.05) is 5.10 Å². The van der Waals surface area contributed by atoms with Crippen LogP contribution in [0.5, 0.6) is 0 Å². The molecule has 1 aliphatic rings. The molecule has 0 aromatic carbocycles. The summed E-state index contributed by atoms with van der Waals surface area (Å²) in [5, 5.41) is 8.02. The fourth-order valence-corrected chi connectivity index (χ4v) is 2.20. The fraction of sp³-hybridized carbons (Fsp3) is 0.818. The van der Waals surface area contributed by atoms with Crippen LogP contribution in [0, 0.1) is 0 Å². The van der Waals surface area contributed by atoms with Crippen LogP contribution in [0.4, 0.5) is 6.01 Å². The number of aryl methyl sites for hydroxylation is 1. The van der Waals surface area contributed by atoms with Crippen LogP contribution >= 0.6 is 11.6 Å². The molecule has 1 aromatic rings. The van der Waals surface area contributed by atoms with E-state index in [2.05, 4.69) is 15.1 Å². The highest BCUT2D eigenvalue weighted by Gasteiger charge is 2.23. The molecule has 0 radical (unpaired) electrons. The molecule has 0 saturated carbocycles. The average molecular weight is 260 g/mol. The van der Waals surface area contributed by atoms with Gasteiger partial charge in [0, 0.05) is 32.0 Å². The molecule has 2 rings (SSSR count). The summed E-state index contributed by atoms with van der Waals surface area (Å²) >= 11 is 5.63. The van der Waals surface area contributed by atoms with Gasteiger partial charge in [-0.25, -0.2) is 0 Å². The summed E-state index contributed by atoms with van der Waals surface area (Å²) in [5.74, 6) is 1.11. The molecule has 0 aliphatic carbocycles. The number of nitrogens with zero attached hydrogens (tertiary/aromatic N) is 3. The van der Waals surface area contributed by atoms with E-state index in [4.69, 9.17) is 20.8 Å². The van der Waals surface area contributed by atoms with Crippen molar-refractivity contribution in [3.05, 3.63) is 5.89 Å². The van der Waals surface area contributed by atoms with Crippen LogP contribution in [-0.2, 0) is 11.2 Å². The van der Waals surface area contributed by atoms with Gasteiger partial charge in [-0.15, -0.1) is 16.7 Å². The quantitative estimate of drug-likeness (QED) is 0.756. The largest absolute Gasteiger partial charge is 0.408 e. The number of ether oxygens (including phenoxy) is 1. The van der Waals surface area contributed by atoms with Gasteiger partial charge >= 0.3 is 6.01 Å². The van der Waals surface area contributed by atoms with Gasteiger partial charge < -0.3 is 14.1 Å². The van der Waals surface area contributed by atoms with Crippen molar-refractivity contribution >= 4 is 17.6 Å². The third-order valence-corrected chi connectivity index (χ3v) is 3.00. The van der Waals surface area contributed by atoms with Crippen LogP contribution in [-0.4, -0.2) is 41.9 Å². The molecule has 1 saturated heterocycles. The summed E-state index contributed by atoms with van der Waals surface area (Å²) in [6.07, 6.45) is 3.10. The van der Waals surface area contributed by atoms with Crippen LogP contribution < -0.4 is 4.90 Å². The highest BCUT2D eigenvalue weighted by atomic mass is 35.5. The van der Waals surface area contributed by atoms with Gasteiger partial charge in [0.15, 0.2) is 0 Å². The maximum Gasteiger partial charge on any atom is 0.318 e. The topological polar surface area (TPSA) is 51.4 Å². The third-order valence-electron chi connectivity index (χ3n) is 2.82. The first kappa shape index (κ1) is 12.6. The lowest BCUT2D eigenvalue weighted by atomic mass is 10.1. The molecule has 0 spiro atoms. The second kappa shape index (κ2) is 6.21. The number of rotatable bonds is 5. The smallest absolute Gasteiger partial charge is 0.318 e. The van der Waals surface area contributed by atoms with E-state index in [0.717, 1.165) is 32.5 Å². The molecule has 5 nitrogen and oxygen atoms in total. The minimum atomic E-state index is 0.275. The predicted octanol–water partition coefficient (Wildman–Crippen LogP) is 1.86. The summed E-state index contributed by atoms with van der Waals surface area (Å²) < 4.78 is 11.2. The molecule has 0 N–H and O–H groups in total. The highest BCUT2D eigenvalue weighted by Crippen LogP contribution is 2.20.